The van der Waals surface area contributed by atoms with Crippen LogP contribution in [0.4, 0.5) is 0 Å². The maximum absolute atomic E-state index is 16.4. The predicted molar refractivity (Wildman–Crippen MR) is 390 cm³/mol. The third-order valence-electron chi connectivity index (χ3n) is 19.3. The molecule has 0 saturated carbocycles. The predicted octanol–water partition coefficient (Wildman–Crippen LogP) is 14.4. The molecule has 520 valence electrons. The van der Waals surface area contributed by atoms with Crippen molar-refractivity contribution in [2.45, 2.75) is 92.4 Å². The van der Waals surface area contributed by atoms with Crippen LogP contribution in [0, 0.1) is 11.8 Å². The largest absolute Gasteiger partial charge is 0.457 e. The molecule has 11 aromatic carbocycles. The molecule has 2 aliphatic rings. The highest BCUT2D eigenvalue weighted by molar-refractivity contribution is 6.45. The van der Waals surface area contributed by atoms with Crippen LogP contribution < -0.4 is 18.9 Å². The average molecular weight is 1370 g/mol. The first-order valence-corrected chi connectivity index (χ1v) is 34.8. The van der Waals surface area contributed by atoms with Gasteiger partial charge in [-0.3, -0.25) is 38.6 Å². The quantitative estimate of drug-likeness (QED) is 0.0203. The number of fused-ring (bicyclic) bond motifs is 2. The number of nitrogens with zero attached hydrogens (tertiary/aromatic N) is 4. The topological polar surface area (TPSA) is 233 Å². The molecule has 0 aromatic heterocycles. The Balaban J connectivity index is 1.18. The van der Waals surface area contributed by atoms with E-state index in [-0.39, 0.29) is 164 Å². The normalized spacial score (nSPS) is 13.5. The van der Waals surface area contributed by atoms with Crippen LogP contribution in [0.25, 0.3) is 43.1 Å². The van der Waals surface area contributed by atoms with Gasteiger partial charge in [0.05, 0.1) is 22.3 Å². The van der Waals surface area contributed by atoms with Crippen LogP contribution in [0.5, 0.6) is 46.0 Å². The number of hydrogen-bond acceptors (Lipinski definition) is 14. The summed E-state index contributed by atoms with van der Waals surface area (Å²) < 4.78 is 28.9. The van der Waals surface area contributed by atoms with Crippen molar-refractivity contribution in [2.24, 2.45) is 11.8 Å². The monoisotopic (exact) mass is 1370 g/mol. The van der Waals surface area contributed by atoms with E-state index in [2.05, 4.69) is 0 Å². The molecule has 2 aliphatic heterocycles. The van der Waals surface area contributed by atoms with Crippen LogP contribution in [0.3, 0.4) is 0 Å². The first-order valence-electron chi connectivity index (χ1n) is 34.8. The molecule has 0 radical (unpaired) electrons. The van der Waals surface area contributed by atoms with E-state index in [0.29, 0.717) is 25.7 Å². The van der Waals surface area contributed by atoms with Gasteiger partial charge in [-0.1, -0.05) is 137 Å². The van der Waals surface area contributed by atoms with Gasteiger partial charge < -0.3 is 49.2 Å². The third-order valence-corrected chi connectivity index (χ3v) is 19.3. The van der Waals surface area contributed by atoms with Crippen LogP contribution in [0.2, 0.25) is 0 Å². The lowest BCUT2D eigenvalue weighted by atomic mass is 9.80. The number of carbonyl (C=O) groups is 6. The fraction of sp³-hybridized carbons (Fsp3) is 0.262. The second-order valence-electron chi connectivity index (χ2n) is 26.6. The van der Waals surface area contributed by atoms with Gasteiger partial charge in [-0.25, -0.2) is 0 Å². The molecular formula is C84H80N4O14. The zero-order chi connectivity index (χ0) is 71.6. The van der Waals surface area contributed by atoms with E-state index in [9.17, 15) is 20.4 Å². The van der Waals surface area contributed by atoms with Crippen LogP contribution >= 0.6 is 0 Å². The molecule has 18 heteroatoms. The van der Waals surface area contributed by atoms with Crippen molar-refractivity contribution in [2.75, 3.05) is 39.5 Å². The Hall–Kier alpha value is -11.0. The molecule has 4 N–H and O–H groups in total. The molecule has 13 rings (SSSR count). The summed E-state index contributed by atoms with van der Waals surface area (Å²) in [6.45, 7) is 11.2. The van der Waals surface area contributed by atoms with E-state index in [0.717, 1.165) is 43.2 Å². The number of benzene rings is 11. The van der Waals surface area contributed by atoms with Gasteiger partial charge in [-0.2, -0.15) is 0 Å². The van der Waals surface area contributed by atoms with Gasteiger partial charge >= 0.3 is 0 Å². The molecule has 102 heavy (non-hydrogen) atoms. The molecular weight excluding hydrogens is 1290 g/mol. The van der Waals surface area contributed by atoms with Crippen molar-refractivity contribution in [1.29, 1.82) is 0 Å². The lowest BCUT2D eigenvalue weighted by Gasteiger charge is -2.39. The number of ether oxygens (including phenoxy) is 4. The minimum absolute atomic E-state index is 0.0160. The van der Waals surface area contributed by atoms with Crippen molar-refractivity contribution in [1.82, 2.24) is 19.6 Å². The van der Waals surface area contributed by atoms with Gasteiger partial charge in [0.1, 0.15) is 58.1 Å². The molecule has 0 aliphatic carbocycles. The molecule has 2 unspecified atom stereocenters. The van der Waals surface area contributed by atoms with Crippen molar-refractivity contribution >= 4 is 78.5 Å². The second-order valence-corrected chi connectivity index (χ2v) is 26.6. The summed E-state index contributed by atoms with van der Waals surface area (Å²) in [5, 5.41) is 41.8. The average Bonchev–Trinajstić information content (AvgIpc) is 0.671. The number of aliphatic hydroxyl groups is 4. The molecule has 18 nitrogen and oxygen atoms in total. The molecule has 0 spiro atoms. The van der Waals surface area contributed by atoms with Crippen molar-refractivity contribution in [3.05, 3.63) is 238 Å². The number of likely N-dealkylation sites (N-methyl/N-ethyl adjacent to an activating group) is 2. The Kier molecular flexibility index (Phi) is 20.2. The standard InChI is InChI=1S/C84H80N4O14/c1-7-85(47-55-15-11-9-12-16-55)83(97)77(49(3)4)87-79(93)61-43-65(99-57-27-19-51(20-28-57)35-39-89)71-73-67(101-59-31-23-53(24-32-59)37-41-91)45-63-70-64(82(96)88(81(63)95)78(50(5)6)84(98)86(8-2)48-56-17-13-10-14-18-56)46-68(102-60-33-25-54(26-34-60)38-42-92)74(76(70)73)72-66(44-62(80(87)94)69(61)75(71)72)100-58-29-21-52(22-30-58)36-40-90/h9-34,43-46,49-50,77-78,89-92H,7-8,35-42,47-48H2,1-6H3. The first-order chi connectivity index (χ1) is 49.5. The molecule has 2 heterocycles. The zero-order valence-corrected chi connectivity index (χ0v) is 57.8. The summed E-state index contributed by atoms with van der Waals surface area (Å²) in [5.41, 5.74) is 4.82. The van der Waals surface area contributed by atoms with Gasteiger partial charge in [0.25, 0.3) is 23.6 Å². The highest BCUT2D eigenvalue weighted by atomic mass is 16.5. The summed E-state index contributed by atoms with van der Waals surface area (Å²) >= 11 is 0. The summed E-state index contributed by atoms with van der Waals surface area (Å²) in [4.78, 5) is 102. The van der Waals surface area contributed by atoms with Gasteiger partial charge in [0.15, 0.2) is 0 Å². The third kappa shape index (κ3) is 13.1. The highest BCUT2D eigenvalue weighted by Gasteiger charge is 2.48. The molecule has 0 fully saturated rings. The molecule has 0 bridgehead atoms. The summed E-state index contributed by atoms with van der Waals surface area (Å²) in [6, 6.07) is 50.7. The Bertz CT molecular complexity index is 4440. The van der Waals surface area contributed by atoms with Gasteiger partial charge in [-0.05, 0) is 158 Å². The van der Waals surface area contributed by atoms with Crippen molar-refractivity contribution in [3.8, 4) is 46.0 Å². The SMILES string of the molecule is CCN(Cc1ccccc1)C(=O)C(C(C)C)N1C(=O)c2cc(Oc3ccc(CCO)cc3)c3c4c(Oc5ccc(CCO)cc5)cc5c6c(cc(Oc7ccc(CCO)cc7)c(c7c(Oc8ccc(CCO)cc8)cc(c2c37)C1=O)c64)C(=O)N(C(C(=O)N(CC)Cc1ccccc1)C(C)C)C5=O. The Labute approximate surface area is 590 Å². The first kappa shape index (κ1) is 69.5. The van der Waals surface area contributed by atoms with Gasteiger partial charge in [0.2, 0.25) is 11.8 Å². The van der Waals surface area contributed by atoms with Gasteiger partial charge in [-0.15, -0.1) is 0 Å². The van der Waals surface area contributed by atoms with Crippen LogP contribution in [-0.4, -0.2) is 127 Å². The minimum Gasteiger partial charge on any atom is -0.457 e. The smallest absolute Gasteiger partial charge is 0.262 e. The number of amides is 6. The Morgan fingerprint density at radius 2 is 0.588 bits per heavy atom. The molecule has 0 saturated heterocycles. The van der Waals surface area contributed by atoms with E-state index < -0.39 is 59.4 Å². The maximum Gasteiger partial charge on any atom is 0.262 e. The van der Waals surface area contributed by atoms with E-state index in [1.165, 1.54) is 0 Å². The number of aliphatic hydroxyl groups excluding tert-OH is 4. The van der Waals surface area contributed by atoms with E-state index in [1.54, 1.807) is 159 Å². The maximum atomic E-state index is 16.4. The highest BCUT2D eigenvalue weighted by Crippen LogP contribution is 2.58. The number of hydrogen-bond donors (Lipinski definition) is 4. The molecule has 2 atom stereocenters. The zero-order valence-electron chi connectivity index (χ0n) is 57.8. The van der Waals surface area contributed by atoms with Gasteiger partial charge in [0, 0.05) is 95.7 Å². The number of rotatable bonds is 28. The summed E-state index contributed by atoms with van der Waals surface area (Å²) in [5.74, 6) is -4.07. The van der Waals surface area contributed by atoms with E-state index >= 15 is 28.8 Å². The number of carbonyl (C=O) groups excluding carboxylic acids is 6. The molecule has 11 aromatic rings. The van der Waals surface area contributed by atoms with Crippen LogP contribution in [-0.2, 0) is 48.4 Å². The fourth-order valence-electron chi connectivity index (χ4n) is 14.4. The second kappa shape index (κ2) is 29.7. The fourth-order valence-corrected chi connectivity index (χ4v) is 14.4. The van der Waals surface area contributed by atoms with Crippen LogP contribution in [0.1, 0.15) is 116 Å². The number of imide groups is 2. The minimum atomic E-state index is -1.34. The van der Waals surface area contributed by atoms with Crippen LogP contribution in [0.15, 0.2) is 182 Å². The lowest BCUT2D eigenvalue weighted by Crippen LogP contribution is -2.56. The van der Waals surface area contributed by atoms with Crippen molar-refractivity contribution in [3.63, 3.8) is 0 Å². The molecule has 6 amide bonds. The lowest BCUT2D eigenvalue weighted by molar-refractivity contribution is -0.138. The van der Waals surface area contributed by atoms with E-state index in [4.69, 9.17) is 18.9 Å². The Morgan fingerprint density at radius 3 is 0.804 bits per heavy atom. The van der Waals surface area contributed by atoms with Crippen molar-refractivity contribution < 1.29 is 68.1 Å². The Morgan fingerprint density at radius 1 is 0.343 bits per heavy atom. The summed E-state index contributed by atoms with van der Waals surface area (Å²) in [7, 11) is 0. The summed E-state index contributed by atoms with van der Waals surface area (Å²) in [6.07, 6.45) is 1.36. The van der Waals surface area contributed by atoms with E-state index in [1.807, 2.05) is 74.5 Å².